The molecule has 0 aromatic heterocycles. The molecule has 0 radical (unpaired) electrons. The topological polar surface area (TPSA) is 69.6 Å². The summed E-state index contributed by atoms with van der Waals surface area (Å²) in [5, 5.41) is 11.8. The minimum absolute atomic E-state index is 0.00890. The molecule has 1 fully saturated rings. The molecule has 17 heavy (non-hydrogen) atoms. The highest BCUT2D eigenvalue weighted by atomic mass is 16.4. The average molecular weight is 242 g/mol. The first-order valence-corrected chi connectivity index (χ1v) is 6.27. The zero-order valence-corrected chi connectivity index (χ0v) is 10.6. The van der Waals surface area contributed by atoms with Gasteiger partial charge < -0.3 is 10.4 Å². The lowest BCUT2D eigenvalue weighted by molar-refractivity contribution is -0.144. The van der Waals surface area contributed by atoms with Crippen LogP contribution in [0.25, 0.3) is 0 Å². The fourth-order valence-corrected chi connectivity index (χ4v) is 2.03. The lowest BCUT2D eigenvalue weighted by Gasteiger charge is -2.30. The highest BCUT2D eigenvalue weighted by molar-refractivity contribution is 5.78. The molecule has 0 unspecified atom stereocenters. The molecule has 1 saturated heterocycles. The summed E-state index contributed by atoms with van der Waals surface area (Å²) >= 11 is 0. The third kappa shape index (κ3) is 4.73. The molecule has 2 N–H and O–H groups in total. The van der Waals surface area contributed by atoms with Crippen molar-refractivity contribution < 1.29 is 14.7 Å². The van der Waals surface area contributed by atoms with Gasteiger partial charge in [-0.1, -0.05) is 6.92 Å². The first-order chi connectivity index (χ1) is 8.02. The Balaban J connectivity index is 2.35. The van der Waals surface area contributed by atoms with Crippen molar-refractivity contribution in [1.29, 1.82) is 0 Å². The van der Waals surface area contributed by atoms with E-state index in [1.807, 2.05) is 18.7 Å². The van der Waals surface area contributed by atoms with E-state index in [2.05, 4.69) is 5.32 Å². The number of carbonyl (C=O) groups excluding carboxylic acids is 1. The van der Waals surface area contributed by atoms with Crippen molar-refractivity contribution in [2.45, 2.75) is 39.2 Å². The summed E-state index contributed by atoms with van der Waals surface area (Å²) in [5.41, 5.74) is 0. The van der Waals surface area contributed by atoms with Gasteiger partial charge in [-0.3, -0.25) is 14.5 Å². The zero-order chi connectivity index (χ0) is 12.8. The van der Waals surface area contributed by atoms with E-state index in [1.165, 1.54) is 0 Å². The Morgan fingerprint density at radius 1 is 1.53 bits per heavy atom. The fourth-order valence-electron chi connectivity index (χ4n) is 2.03. The number of nitrogens with zero attached hydrogens (tertiary/aromatic N) is 1. The highest BCUT2D eigenvalue weighted by Crippen LogP contribution is 2.16. The van der Waals surface area contributed by atoms with Gasteiger partial charge in [-0.25, -0.2) is 0 Å². The summed E-state index contributed by atoms with van der Waals surface area (Å²) in [4.78, 5) is 24.5. The van der Waals surface area contributed by atoms with Gasteiger partial charge in [-0.2, -0.15) is 0 Å². The van der Waals surface area contributed by atoms with Crippen LogP contribution in [0.2, 0.25) is 0 Å². The highest BCUT2D eigenvalue weighted by Gasteiger charge is 2.26. The van der Waals surface area contributed by atoms with Crippen LogP contribution < -0.4 is 5.32 Å². The molecule has 1 heterocycles. The van der Waals surface area contributed by atoms with Crippen LogP contribution in [0.3, 0.4) is 0 Å². The first kappa shape index (κ1) is 14.0. The minimum atomic E-state index is -0.753. The number of nitrogens with one attached hydrogen (secondary N) is 1. The summed E-state index contributed by atoms with van der Waals surface area (Å²) in [7, 11) is 0. The smallest absolute Gasteiger partial charge is 0.307 e. The third-order valence-electron chi connectivity index (χ3n) is 3.24. The van der Waals surface area contributed by atoms with Gasteiger partial charge in [0.25, 0.3) is 0 Å². The van der Waals surface area contributed by atoms with Crippen molar-refractivity contribution in [1.82, 2.24) is 10.2 Å². The van der Waals surface area contributed by atoms with E-state index >= 15 is 0 Å². The largest absolute Gasteiger partial charge is 0.481 e. The summed E-state index contributed by atoms with van der Waals surface area (Å²) in [6.45, 7) is 5.61. The molecule has 1 aliphatic heterocycles. The van der Waals surface area contributed by atoms with Crippen LogP contribution in [-0.4, -0.2) is 47.6 Å². The van der Waals surface area contributed by atoms with Gasteiger partial charge in [0.05, 0.1) is 12.5 Å². The Kier molecular flexibility index (Phi) is 5.41. The molecule has 0 saturated carbocycles. The molecule has 1 amide bonds. The van der Waals surface area contributed by atoms with Gasteiger partial charge in [0.1, 0.15) is 0 Å². The third-order valence-corrected chi connectivity index (χ3v) is 3.24. The molecular formula is C12H22N2O3. The predicted molar refractivity (Wildman–Crippen MR) is 64.7 cm³/mol. The number of carbonyl (C=O) groups is 2. The van der Waals surface area contributed by atoms with Crippen molar-refractivity contribution >= 4 is 11.9 Å². The predicted octanol–water partition coefficient (Wildman–Crippen LogP) is 0.698. The molecule has 5 nitrogen and oxygen atoms in total. The number of hydrogen-bond donors (Lipinski definition) is 2. The number of hydrogen-bond acceptors (Lipinski definition) is 3. The van der Waals surface area contributed by atoms with Crippen LogP contribution in [0, 0.1) is 5.92 Å². The lowest BCUT2D eigenvalue weighted by Crippen LogP contribution is -2.45. The number of likely N-dealkylation sites (tertiary alicyclic amines) is 1. The van der Waals surface area contributed by atoms with Crippen molar-refractivity contribution in [2.75, 3.05) is 19.6 Å². The van der Waals surface area contributed by atoms with Crippen LogP contribution >= 0.6 is 0 Å². The van der Waals surface area contributed by atoms with E-state index in [0.29, 0.717) is 13.1 Å². The van der Waals surface area contributed by atoms with E-state index in [4.69, 9.17) is 5.11 Å². The van der Waals surface area contributed by atoms with Crippen molar-refractivity contribution in [3.63, 3.8) is 0 Å². The standard InChI is InChI=1S/C12H22N2O3/c1-3-9(2)13-11(15)8-14-6-4-5-10(7-14)12(16)17/h9-10H,3-8H2,1-2H3,(H,13,15)(H,16,17)/t9-,10+/m0/s1. The SMILES string of the molecule is CC[C@H](C)NC(=O)CN1CCC[C@@H](C(=O)O)C1. The molecule has 1 rings (SSSR count). The number of aliphatic carboxylic acids is 1. The molecule has 1 aliphatic rings. The molecule has 0 spiro atoms. The number of carboxylic acids is 1. The number of piperidine rings is 1. The summed E-state index contributed by atoms with van der Waals surface area (Å²) in [5.74, 6) is -1.08. The Labute approximate surface area is 102 Å². The summed E-state index contributed by atoms with van der Waals surface area (Å²) in [6.07, 6.45) is 2.48. The van der Waals surface area contributed by atoms with Crippen LogP contribution in [-0.2, 0) is 9.59 Å². The van der Waals surface area contributed by atoms with E-state index in [1.54, 1.807) is 0 Å². The Hall–Kier alpha value is -1.10. The van der Waals surface area contributed by atoms with Gasteiger partial charge in [0, 0.05) is 12.6 Å². The molecule has 98 valence electrons. The van der Waals surface area contributed by atoms with Crippen molar-refractivity contribution in [2.24, 2.45) is 5.92 Å². The maximum atomic E-state index is 11.7. The van der Waals surface area contributed by atoms with Crippen molar-refractivity contribution in [3.8, 4) is 0 Å². The van der Waals surface area contributed by atoms with Crippen LogP contribution in [0.1, 0.15) is 33.1 Å². The second-order valence-corrected chi connectivity index (χ2v) is 4.79. The van der Waals surface area contributed by atoms with Gasteiger partial charge in [-0.05, 0) is 32.7 Å². The van der Waals surface area contributed by atoms with Crippen LogP contribution in [0.5, 0.6) is 0 Å². The van der Waals surface area contributed by atoms with E-state index in [9.17, 15) is 9.59 Å². The molecule has 0 aromatic carbocycles. The molecule has 0 bridgehead atoms. The minimum Gasteiger partial charge on any atom is -0.481 e. The average Bonchev–Trinajstić information content (AvgIpc) is 2.28. The maximum absolute atomic E-state index is 11.7. The second-order valence-electron chi connectivity index (χ2n) is 4.79. The quantitative estimate of drug-likeness (QED) is 0.744. The summed E-state index contributed by atoms with van der Waals surface area (Å²) < 4.78 is 0. The van der Waals surface area contributed by atoms with Crippen LogP contribution in [0.4, 0.5) is 0 Å². The Bertz CT molecular complexity index is 281. The first-order valence-electron chi connectivity index (χ1n) is 6.27. The fraction of sp³-hybridized carbons (Fsp3) is 0.833. The monoisotopic (exact) mass is 242 g/mol. The van der Waals surface area contributed by atoms with Gasteiger partial charge in [0.15, 0.2) is 0 Å². The maximum Gasteiger partial charge on any atom is 0.307 e. The Morgan fingerprint density at radius 3 is 2.82 bits per heavy atom. The number of rotatable bonds is 5. The van der Waals surface area contributed by atoms with E-state index in [0.717, 1.165) is 25.8 Å². The normalized spacial score (nSPS) is 23.1. The molecular weight excluding hydrogens is 220 g/mol. The lowest BCUT2D eigenvalue weighted by atomic mass is 9.98. The second kappa shape index (κ2) is 6.59. The van der Waals surface area contributed by atoms with E-state index < -0.39 is 5.97 Å². The number of amides is 1. The van der Waals surface area contributed by atoms with Gasteiger partial charge in [0.2, 0.25) is 5.91 Å². The molecule has 2 atom stereocenters. The Morgan fingerprint density at radius 2 is 2.24 bits per heavy atom. The van der Waals surface area contributed by atoms with Crippen LogP contribution in [0.15, 0.2) is 0 Å². The summed E-state index contributed by atoms with van der Waals surface area (Å²) in [6, 6.07) is 0.183. The zero-order valence-electron chi connectivity index (χ0n) is 10.6. The number of carboxylic acid groups (broad SMARTS) is 1. The van der Waals surface area contributed by atoms with Gasteiger partial charge in [-0.15, -0.1) is 0 Å². The molecule has 0 aromatic rings. The van der Waals surface area contributed by atoms with Gasteiger partial charge >= 0.3 is 5.97 Å². The van der Waals surface area contributed by atoms with Crippen molar-refractivity contribution in [3.05, 3.63) is 0 Å². The molecule has 0 aliphatic carbocycles. The van der Waals surface area contributed by atoms with E-state index in [-0.39, 0.29) is 17.9 Å². The molecule has 5 heteroatoms.